The summed E-state index contributed by atoms with van der Waals surface area (Å²) in [5.41, 5.74) is 0. The number of piperidine rings is 1. The van der Waals surface area contributed by atoms with Crippen LogP contribution in [0.4, 0.5) is 0 Å². The van der Waals surface area contributed by atoms with Crippen LogP contribution in [0.3, 0.4) is 0 Å². The highest BCUT2D eigenvalue weighted by atomic mass is 32.2. The Morgan fingerprint density at radius 2 is 1.91 bits per heavy atom. The van der Waals surface area contributed by atoms with Crippen molar-refractivity contribution in [1.29, 1.82) is 0 Å². The fourth-order valence-corrected chi connectivity index (χ4v) is 4.12. The van der Waals surface area contributed by atoms with Crippen molar-refractivity contribution in [2.75, 3.05) is 39.1 Å². The van der Waals surface area contributed by atoms with Crippen LogP contribution in [0.2, 0.25) is 0 Å². The SMILES string of the molecule is CS(=O)(=O)N1CCCC(C(=O)N(CC(=O)O)C2CCOCC2)C1. The number of ether oxygens (including phenoxy) is 1. The van der Waals surface area contributed by atoms with Crippen molar-refractivity contribution in [1.82, 2.24) is 9.21 Å². The fourth-order valence-electron chi connectivity index (χ4n) is 3.21. The minimum Gasteiger partial charge on any atom is -0.480 e. The summed E-state index contributed by atoms with van der Waals surface area (Å²) in [6.45, 7) is 1.22. The molecule has 2 aliphatic heterocycles. The summed E-state index contributed by atoms with van der Waals surface area (Å²) in [7, 11) is -3.34. The summed E-state index contributed by atoms with van der Waals surface area (Å²) >= 11 is 0. The van der Waals surface area contributed by atoms with Crippen molar-refractivity contribution < 1.29 is 27.9 Å². The Bertz CT molecular complexity index is 543. The molecule has 2 saturated heterocycles. The highest BCUT2D eigenvalue weighted by Gasteiger charge is 2.36. The summed E-state index contributed by atoms with van der Waals surface area (Å²) in [5, 5.41) is 9.11. The first-order valence-corrected chi connectivity index (χ1v) is 9.69. The summed E-state index contributed by atoms with van der Waals surface area (Å²) in [5.74, 6) is -1.78. The Morgan fingerprint density at radius 1 is 1.26 bits per heavy atom. The number of carbonyl (C=O) groups is 2. The molecule has 1 atom stereocenters. The molecule has 2 heterocycles. The highest BCUT2D eigenvalue weighted by molar-refractivity contribution is 7.88. The molecule has 0 spiro atoms. The van der Waals surface area contributed by atoms with E-state index in [0.717, 1.165) is 6.26 Å². The smallest absolute Gasteiger partial charge is 0.323 e. The third-order valence-electron chi connectivity index (χ3n) is 4.42. The monoisotopic (exact) mass is 348 g/mol. The fraction of sp³-hybridized carbons (Fsp3) is 0.857. The van der Waals surface area contributed by atoms with E-state index in [1.807, 2.05) is 0 Å². The van der Waals surface area contributed by atoms with Gasteiger partial charge in [-0.3, -0.25) is 9.59 Å². The van der Waals surface area contributed by atoms with Crippen molar-refractivity contribution >= 4 is 21.9 Å². The molecule has 2 rings (SSSR count). The van der Waals surface area contributed by atoms with E-state index in [1.165, 1.54) is 9.21 Å². The molecule has 0 aromatic heterocycles. The number of amides is 1. The Kier molecular flexibility index (Phi) is 5.99. The molecule has 23 heavy (non-hydrogen) atoms. The molecule has 0 aromatic rings. The Labute approximate surface area is 136 Å². The molecule has 0 aromatic carbocycles. The van der Waals surface area contributed by atoms with Gasteiger partial charge in [0.15, 0.2) is 0 Å². The molecule has 1 N–H and O–H groups in total. The third kappa shape index (κ3) is 4.89. The van der Waals surface area contributed by atoms with E-state index < -0.39 is 21.9 Å². The molecule has 0 saturated carbocycles. The summed E-state index contributed by atoms with van der Waals surface area (Å²) in [6.07, 6.45) is 3.55. The normalized spacial score (nSPS) is 24.3. The summed E-state index contributed by atoms with van der Waals surface area (Å²) in [6, 6.07) is -0.152. The number of carboxylic acids is 1. The van der Waals surface area contributed by atoms with Crippen LogP contribution in [-0.4, -0.2) is 79.8 Å². The van der Waals surface area contributed by atoms with Crippen LogP contribution in [0.1, 0.15) is 25.7 Å². The zero-order valence-corrected chi connectivity index (χ0v) is 14.1. The van der Waals surface area contributed by atoms with E-state index in [0.29, 0.717) is 45.4 Å². The molecule has 0 bridgehead atoms. The molecular weight excluding hydrogens is 324 g/mol. The number of nitrogens with zero attached hydrogens (tertiary/aromatic N) is 2. The van der Waals surface area contributed by atoms with Crippen LogP contribution >= 0.6 is 0 Å². The second kappa shape index (κ2) is 7.59. The number of hydrogen-bond donors (Lipinski definition) is 1. The number of carboxylic acid groups (broad SMARTS) is 1. The molecule has 132 valence electrons. The van der Waals surface area contributed by atoms with Crippen LogP contribution in [0, 0.1) is 5.92 Å². The van der Waals surface area contributed by atoms with E-state index in [-0.39, 0.29) is 25.0 Å². The van der Waals surface area contributed by atoms with Gasteiger partial charge in [0.1, 0.15) is 6.54 Å². The molecular formula is C14H24N2O6S. The first-order valence-electron chi connectivity index (χ1n) is 7.84. The van der Waals surface area contributed by atoms with Gasteiger partial charge < -0.3 is 14.7 Å². The lowest BCUT2D eigenvalue weighted by Crippen LogP contribution is -2.52. The molecule has 0 radical (unpaired) electrons. The Hall–Kier alpha value is -1.19. The van der Waals surface area contributed by atoms with Gasteiger partial charge in [-0.25, -0.2) is 12.7 Å². The maximum absolute atomic E-state index is 12.8. The molecule has 1 unspecified atom stereocenters. The standard InChI is InChI=1S/C14H24N2O6S/c1-23(20,21)15-6-2-3-11(9-15)14(19)16(10-13(17)18)12-4-7-22-8-5-12/h11-12H,2-10H2,1H3,(H,17,18). The van der Waals surface area contributed by atoms with Gasteiger partial charge in [-0.15, -0.1) is 0 Å². The lowest BCUT2D eigenvalue weighted by molar-refractivity contribution is -0.150. The van der Waals surface area contributed by atoms with E-state index >= 15 is 0 Å². The predicted molar refractivity (Wildman–Crippen MR) is 82.3 cm³/mol. The van der Waals surface area contributed by atoms with Gasteiger partial charge in [0.05, 0.1) is 12.2 Å². The van der Waals surface area contributed by atoms with Crippen LogP contribution in [0.25, 0.3) is 0 Å². The van der Waals surface area contributed by atoms with E-state index in [9.17, 15) is 18.0 Å². The van der Waals surface area contributed by atoms with Crippen LogP contribution in [0.5, 0.6) is 0 Å². The lowest BCUT2D eigenvalue weighted by atomic mass is 9.96. The Morgan fingerprint density at radius 3 is 2.48 bits per heavy atom. The number of carbonyl (C=O) groups excluding carboxylic acids is 1. The van der Waals surface area contributed by atoms with E-state index in [2.05, 4.69) is 0 Å². The van der Waals surface area contributed by atoms with Gasteiger partial charge in [-0.05, 0) is 25.7 Å². The lowest BCUT2D eigenvalue weighted by Gasteiger charge is -2.38. The largest absolute Gasteiger partial charge is 0.480 e. The average molecular weight is 348 g/mol. The minimum atomic E-state index is -3.34. The topological polar surface area (TPSA) is 104 Å². The van der Waals surface area contributed by atoms with Gasteiger partial charge in [0.2, 0.25) is 15.9 Å². The van der Waals surface area contributed by atoms with Gasteiger partial charge in [-0.1, -0.05) is 0 Å². The van der Waals surface area contributed by atoms with Crippen LogP contribution in [-0.2, 0) is 24.3 Å². The molecule has 1 amide bonds. The van der Waals surface area contributed by atoms with Gasteiger partial charge in [0, 0.05) is 32.3 Å². The maximum Gasteiger partial charge on any atom is 0.323 e. The van der Waals surface area contributed by atoms with Crippen molar-refractivity contribution in [3.05, 3.63) is 0 Å². The van der Waals surface area contributed by atoms with Gasteiger partial charge >= 0.3 is 5.97 Å². The predicted octanol–water partition coefficient (Wildman–Crippen LogP) is -0.250. The van der Waals surface area contributed by atoms with Crippen molar-refractivity contribution in [2.24, 2.45) is 5.92 Å². The average Bonchev–Trinajstić information content (AvgIpc) is 2.52. The van der Waals surface area contributed by atoms with Crippen molar-refractivity contribution in [3.63, 3.8) is 0 Å². The molecule has 2 aliphatic rings. The second-order valence-electron chi connectivity index (χ2n) is 6.16. The zero-order valence-electron chi connectivity index (χ0n) is 13.3. The number of aliphatic carboxylic acids is 1. The van der Waals surface area contributed by atoms with Crippen LogP contribution < -0.4 is 0 Å². The van der Waals surface area contributed by atoms with E-state index in [1.54, 1.807) is 0 Å². The van der Waals surface area contributed by atoms with Gasteiger partial charge in [0.25, 0.3) is 0 Å². The maximum atomic E-state index is 12.8. The molecule has 9 heteroatoms. The van der Waals surface area contributed by atoms with Crippen LogP contribution in [0.15, 0.2) is 0 Å². The third-order valence-corrected chi connectivity index (χ3v) is 5.69. The van der Waals surface area contributed by atoms with E-state index in [4.69, 9.17) is 9.84 Å². The second-order valence-corrected chi connectivity index (χ2v) is 8.15. The minimum absolute atomic E-state index is 0.136. The number of rotatable bonds is 5. The summed E-state index contributed by atoms with van der Waals surface area (Å²) < 4.78 is 30.0. The van der Waals surface area contributed by atoms with Crippen molar-refractivity contribution in [2.45, 2.75) is 31.7 Å². The quantitative estimate of drug-likeness (QED) is 0.735. The Balaban J connectivity index is 2.10. The molecule has 2 fully saturated rings. The first-order chi connectivity index (χ1) is 10.8. The molecule has 8 nitrogen and oxygen atoms in total. The highest BCUT2D eigenvalue weighted by Crippen LogP contribution is 2.24. The number of hydrogen-bond acceptors (Lipinski definition) is 5. The van der Waals surface area contributed by atoms with Gasteiger partial charge in [-0.2, -0.15) is 0 Å². The molecule has 0 aliphatic carbocycles. The first kappa shape index (κ1) is 18.2. The summed E-state index contributed by atoms with van der Waals surface area (Å²) in [4.78, 5) is 25.3. The van der Waals surface area contributed by atoms with Crippen molar-refractivity contribution in [3.8, 4) is 0 Å². The zero-order chi connectivity index (χ0) is 17.0. The number of sulfonamides is 1.